The molecular weight excluding hydrogens is 837 g/mol. The van der Waals surface area contributed by atoms with Crippen LogP contribution < -0.4 is 4.74 Å². The molecule has 0 atom stereocenters. The van der Waals surface area contributed by atoms with Crippen molar-refractivity contribution in [3.63, 3.8) is 0 Å². The lowest BCUT2D eigenvalue weighted by Gasteiger charge is -2.49. The maximum Gasteiger partial charge on any atom is 0.160 e. The molecule has 2 heterocycles. The molecule has 14 rings (SSSR count). The fourth-order valence-electron chi connectivity index (χ4n) is 12.3. The molecule has 0 amide bonds. The van der Waals surface area contributed by atoms with Gasteiger partial charge in [-0.25, -0.2) is 9.97 Å². The predicted molar refractivity (Wildman–Crippen MR) is 280 cm³/mol. The second-order valence-electron chi connectivity index (χ2n) is 18.4. The molecule has 3 heteroatoms. The molecule has 0 bridgehead atoms. The van der Waals surface area contributed by atoms with E-state index < -0.39 is 10.8 Å². The summed E-state index contributed by atoms with van der Waals surface area (Å²) in [4.78, 5) is 10.3. The number of hydrogen-bond acceptors (Lipinski definition) is 3. The van der Waals surface area contributed by atoms with E-state index in [1.54, 1.807) is 0 Å². The Morgan fingerprint density at radius 1 is 0.348 bits per heavy atom. The van der Waals surface area contributed by atoms with Crippen LogP contribution in [-0.4, -0.2) is 9.97 Å². The van der Waals surface area contributed by atoms with Gasteiger partial charge in [-0.3, -0.25) is 0 Å². The van der Waals surface area contributed by atoms with E-state index in [0.717, 1.165) is 67.2 Å². The summed E-state index contributed by atoms with van der Waals surface area (Å²) >= 11 is 0. The fraction of sp³-hybridized carbons (Fsp3) is 0.0303. The number of benzene rings is 9. The van der Waals surface area contributed by atoms with Crippen LogP contribution in [0.2, 0.25) is 0 Å². The van der Waals surface area contributed by atoms with Gasteiger partial charge in [-0.05, 0) is 90.0 Å². The minimum atomic E-state index is -0.810. The maximum absolute atomic E-state index is 6.95. The molecule has 3 nitrogen and oxygen atoms in total. The largest absolute Gasteiger partial charge is 0.464 e. The summed E-state index contributed by atoms with van der Waals surface area (Å²) in [6.45, 7) is 4.60. The molecule has 0 N–H and O–H groups in total. The van der Waals surface area contributed by atoms with E-state index in [9.17, 15) is 0 Å². The lowest BCUT2D eigenvalue weighted by molar-refractivity contribution is 0.465. The molecule has 4 aliphatic rings. The highest BCUT2D eigenvalue weighted by molar-refractivity contribution is 5.99. The number of rotatable bonds is 4. The first kappa shape index (κ1) is 39.3. The predicted octanol–water partition coefficient (Wildman–Crippen LogP) is 15.7. The molecule has 322 valence electrons. The molecule has 0 saturated heterocycles. The number of allylic oxidation sites excluding steroid dienone is 4. The Morgan fingerprint density at radius 3 is 1.43 bits per heavy atom. The van der Waals surface area contributed by atoms with Crippen molar-refractivity contribution in [3.05, 3.63) is 300 Å². The highest BCUT2D eigenvalue weighted by atomic mass is 16.5. The van der Waals surface area contributed by atoms with Crippen molar-refractivity contribution in [1.82, 2.24) is 9.97 Å². The molecule has 2 spiro atoms. The summed E-state index contributed by atoms with van der Waals surface area (Å²) in [5.41, 5.74) is 22.5. The molecule has 1 aromatic heterocycles. The first-order chi connectivity index (χ1) is 34.2. The van der Waals surface area contributed by atoms with Crippen molar-refractivity contribution in [2.75, 3.05) is 0 Å². The number of hydrogen-bond donors (Lipinski definition) is 0. The molecule has 1 aliphatic heterocycles. The normalized spacial score (nSPS) is 15.6. The molecule has 0 fully saturated rings. The Balaban J connectivity index is 1.04. The standard InChI is InChI=1S/C66H42N2O/c1-42-19-16-17-40-69-63-47(42)38-39-52-51-27-18-26-48(43-34-36-45(37-35-43)60-41-59(44-20-4-2-5-21-44)67-64(68-60)46-22-6-3-7-23-46)61(51)66(62(52)63)57-32-14-12-30-55(57)65(56-31-13-15-33-58(56)66)53-28-10-8-24-49(53)50-25-9-11-29-54(50)65/h2-41H,1H2/b19-16-,40-17-. The van der Waals surface area contributed by atoms with E-state index in [1.807, 2.05) is 42.7 Å². The second-order valence-corrected chi connectivity index (χ2v) is 18.4. The summed E-state index contributed by atoms with van der Waals surface area (Å²) in [6.07, 6.45) is 7.87. The SMILES string of the molecule is C=C1/C=C\C=C/Oc2c1ccc1c2C2(c3ccccc3C3(c4ccccc4-c4ccccc43)c3ccccc32)c2c(-c3ccc(-c4cc(-c5ccccc5)nc(-c5ccccc5)n4)cc3)cccc2-1. The number of aromatic nitrogens is 2. The topological polar surface area (TPSA) is 35.0 Å². The third kappa shape index (κ3) is 5.44. The summed E-state index contributed by atoms with van der Waals surface area (Å²) in [5, 5.41) is 0. The molecule has 0 radical (unpaired) electrons. The summed E-state index contributed by atoms with van der Waals surface area (Å²) in [5.74, 6) is 1.53. The monoisotopic (exact) mass is 878 g/mol. The zero-order valence-electron chi connectivity index (χ0n) is 37.6. The molecular formula is C66H42N2O. The number of fused-ring (bicyclic) bond motifs is 18. The van der Waals surface area contributed by atoms with E-state index >= 15 is 0 Å². The van der Waals surface area contributed by atoms with Gasteiger partial charge < -0.3 is 4.74 Å². The zero-order valence-corrected chi connectivity index (χ0v) is 37.6. The molecule has 3 aliphatic carbocycles. The van der Waals surface area contributed by atoms with Crippen molar-refractivity contribution in [2.45, 2.75) is 10.8 Å². The van der Waals surface area contributed by atoms with Crippen LogP contribution in [0, 0.1) is 0 Å². The van der Waals surface area contributed by atoms with Gasteiger partial charge in [-0.2, -0.15) is 0 Å². The van der Waals surface area contributed by atoms with Crippen LogP contribution in [0.3, 0.4) is 0 Å². The maximum atomic E-state index is 6.95. The highest BCUT2D eigenvalue weighted by Gasteiger charge is 2.60. The van der Waals surface area contributed by atoms with Gasteiger partial charge in [0, 0.05) is 27.8 Å². The van der Waals surface area contributed by atoms with Crippen molar-refractivity contribution < 1.29 is 4.74 Å². The van der Waals surface area contributed by atoms with Gasteiger partial charge >= 0.3 is 0 Å². The Hall–Kier alpha value is -8.92. The van der Waals surface area contributed by atoms with E-state index in [0.29, 0.717) is 5.82 Å². The smallest absolute Gasteiger partial charge is 0.160 e. The molecule has 9 aromatic carbocycles. The van der Waals surface area contributed by atoms with E-state index in [-0.39, 0.29) is 0 Å². The Kier molecular flexibility index (Phi) is 8.56. The summed E-state index contributed by atoms with van der Waals surface area (Å²) in [7, 11) is 0. The van der Waals surface area contributed by atoms with Gasteiger partial charge in [0.05, 0.1) is 28.5 Å². The van der Waals surface area contributed by atoms with Crippen LogP contribution in [0.25, 0.3) is 72.9 Å². The number of ether oxygens (including phenoxy) is 1. The molecule has 0 unspecified atom stereocenters. The Labute approximate surface area is 401 Å². The summed E-state index contributed by atoms with van der Waals surface area (Å²) < 4.78 is 6.95. The second kappa shape index (κ2) is 15.0. The Morgan fingerprint density at radius 2 is 0.812 bits per heavy atom. The van der Waals surface area contributed by atoms with Crippen molar-refractivity contribution >= 4 is 5.57 Å². The highest BCUT2D eigenvalue weighted by Crippen LogP contribution is 2.70. The van der Waals surface area contributed by atoms with Crippen molar-refractivity contribution in [2.24, 2.45) is 0 Å². The molecule has 69 heavy (non-hydrogen) atoms. The van der Waals surface area contributed by atoms with E-state index in [1.165, 1.54) is 55.6 Å². The van der Waals surface area contributed by atoms with Crippen LogP contribution in [-0.2, 0) is 10.8 Å². The first-order valence-electron chi connectivity index (χ1n) is 23.7. The van der Waals surface area contributed by atoms with Crippen molar-refractivity contribution in [1.29, 1.82) is 0 Å². The van der Waals surface area contributed by atoms with Gasteiger partial charge in [0.25, 0.3) is 0 Å². The lowest BCUT2D eigenvalue weighted by atomic mass is 9.52. The first-order valence-corrected chi connectivity index (χ1v) is 23.7. The van der Waals surface area contributed by atoms with Crippen LogP contribution >= 0.6 is 0 Å². The molecule has 10 aromatic rings. The van der Waals surface area contributed by atoms with Gasteiger partial charge in [0.1, 0.15) is 5.75 Å². The van der Waals surface area contributed by atoms with Crippen LogP contribution in [0.5, 0.6) is 5.75 Å². The lowest BCUT2D eigenvalue weighted by Crippen LogP contribution is -2.44. The van der Waals surface area contributed by atoms with Crippen LogP contribution in [0.1, 0.15) is 50.1 Å². The summed E-state index contributed by atoms with van der Waals surface area (Å²) in [6, 6.07) is 79.6. The fourth-order valence-corrected chi connectivity index (χ4v) is 12.3. The number of nitrogens with zero attached hydrogens (tertiary/aromatic N) is 2. The van der Waals surface area contributed by atoms with Crippen LogP contribution in [0.4, 0.5) is 0 Å². The third-order valence-corrected chi connectivity index (χ3v) is 15.0. The average molecular weight is 879 g/mol. The quantitative estimate of drug-likeness (QED) is 0.177. The van der Waals surface area contributed by atoms with Gasteiger partial charge in [-0.15, -0.1) is 0 Å². The van der Waals surface area contributed by atoms with E-state index in [4.69, 9.17) is 14.7 Å². The average Bonchev–Trinajstić information content (AvgIpc) is 3.88. The van der Waals surface area contributed by atoms with Crippen molar-refractivity contribution in [3.8, 4) is 73.0 Å². The minimum absolute atomic E-state index is 0.573. The minimum Gasteiger partial charge on any atom is -0.464 e. The van der Waals surface area contributed by atoms with E-state index in [2.05, 4.69) is 207 Å². The Bertz CT molecular complexity index is 3670. The van der Waals surface area contributed by atoms with Gasteiger partial charge in [-0.1, -0.05) is 231 Å². The third-order valence-electron chi connectivity index (χ3n) is 15.0. The van der Waals surface area contributed by atoms with Gasteiger partial charge in [0.15, 0.2) is 5.82 Å². The zero-order chi connectivity index (χ0) is 45.7. The van der Waals surface area contributed by atoms with Gasteiger partial charge in [0.2, 0.25) is 0 Å². The van der Waals surface area contributed by atoms with Crippen LogP contribution in [0.15, 0.2) is 249 Å². The molecule has 0 saturated carbocycles.